The van der Waals surface area contributed by atoms with Gasteiger partial charge in [0.05, 0.1) is 0 Å². The molecule has 0 aromatic heterocycles. The van der Waals surface area contributed by atoms with Crippen LogP contribution in [-0.4, -0.2) is 16.1 Å². The Bertz CT molecular complexity index is 483. The van der Waals surface area contributed by atoms with Crippen LogP contribution >= 0.6 is 0 Å². The van der Waals surface area contributed by atoms with Gasteiger partial charge in [-0.2, -0.15) is 0 Å². The Hall–Kier alpha value is -1.14. The average Bonchev–Trinajstić information content (AvgIpc) is 2.44. The molecule has 0 bridgehead atoms. The quantitative estimate of drug-likeness (QED) is 0.400. The molecule has 0 fully saturated rings. The number of alkyl halides is 1. The SMILES string of the molecule is C=C/C=c1/c(C[I-]C(=O)O)cccc1=C.CC.CN. The third-order valence-corrected chi connectivity index (χ3v) is 3.75. The van der Waals surface area contributed by atoms with Gasteiger partial charge in [0.15, 0.2) is 0 Å². The Labute approximate surface area is 125 Å². The van der Waals surface area contributed by atoms with Gasteiger partial charge in [0.1, 0.15) is 0 Å². The summed E-state index contributed by atoms with van der Waals surface area (Å²) in [5, 5.41) is 10.6. The van der Waals surface area contributed by atoms with Crippen LogP contribution in [0.5, 0.6) is 0 Å². The molecule has 3 nitrogen and oxygen atoms in total. The van der Waals surface area contributed by atoms with E-state index in [1.54, 1.807) is 6.08 Å². The van der Waals surface area contributed by atoms with E-state index in [0.29, 0.717) is 4.43 Å². The van der Waals surface area contributed by atoms with Crippen molar-refractivity contribution in [3.63, 3.8) is 0 Å². The second kappa shape index (κ2) is 13.3. The van der Waals surface area contributed by atoms with Crippen LogP contribution in [0.3, 0.4) is 0 Å². The number of hydrogen-bond acceptors (Lipinski definition) is 2. The first kappa shape index (κ1) is 20.2. The van der Waals surface area contributed by atoms with E-state index in [1.807, 2.05) is 38.1 Å². The number of carboxylic acid groups (broad SMARTS) is 1. The molecule has 0 amide bonds. The minimum absolute atomic E-state index is 0.636. The van der Waals surface area contributed by atoms with E-state index >= 15 is 0 Å². The number of carbonyl (C=O) groups is 1. The molecule has 1 rings (SSSR count). The van der Waals surface area contributed by atoms with Gasteiger partial charge in [-0.05, 0) is 7.05 Å². The molecule has 0 saturated carbocycles. The second-order valence-electron chi connectivity index (χ2n) is 2.91. The molecule has 19 heavy (non-hydrogen) atoms. The number of allylic oxidation sites excluding steroid dienone is 1. The fraction of sp³-hybridized carbons (Fsp3) is 0.267. The van der Waals surface area contributed by atoms with Crippen LogP contribution in [0.1, 0.15) is 19.4 Å². The smallest absolute Gasteiger partial charge is 0.0195 e. The Morgan fingerprint density at radius 1 is 1.42 bits per heavy atom. The first-order chi connectivity index (χ1) is 9.15. The minimum atomic E-state index is -0.820. The molecule has 0 radical (unpaired) electrons. The molecule has 0 aliphatic rings. The summed E-state index contributed by atoms with van der Waals surface area (Å²) in [5.74, 6) is 0. The van der Waals surface area contributed by atoms with Crippen LogP contribution in [0.4, 0.5) is 4.79 Å². The Balaban J connectivity index is 0. The fourth-order valence-corrected chi connectivity index (χ4v) is 2.65. The maximum atomic E-state index is 10.5. The normalized spacial score (nSPS) is 9.79. The molecular weight excluding hydrogens is 353 g/mol. The van der Waals surface area contributed by atoms with Gasteiger partial charge in [0.2, 0.25) is 0 Å². The number of rotatable bonds is 4. The number of nitrogens with two attached hydrogens (primary N) is 1. The predicted octanol–water partition coefficient (Wildman–Crippen LogP) is -1.07. The van der Waals surface area contributed by atoms with E-state index in [4.69, 9.17) is 5.11 Å². The summed E-state index contributed by atoms with van der Waals surface area (Å²) in [7, 11) is 1.50. The standard InChI is InChI=1S/C12H12IO2.C2H6.CH5N/c1-3-5-11-9(2)6-4-7-10(11)8-13-12(14)15;2*1-2/h3-7H,1-2,8H2,(H,14,15);1-2H3;2H2,1H3/q-1;;/b11-5+;;. The third kappa shape index (κ3) is 8.56. The zero-order chi connectivity index (χ0) is 15.3. The van der Waals surface area contributed by atoms with Crippen LogP contribution in [0.2, 0.25) is 0 Å². The van der Waals surface area contributed by atoms with Crippen molar-refractivity contribution in [3.8, 4) is 0 Å². The average molecular weight is 376 g/mol. The zero-order valence-electron chi connectivity index (χ0n) is 11.8. The molecule has 0 aliphatic heterocycles. The Morgan fingerprint density at radius 2 is 2.00 bits per heavy atom. The van der Waals surface area contributed by atoms with Gasteiger partial charge in [-0.3, -0.25) is 0 Å². The first-order valence-electron chi connectivity index (χ1n) is 5.94. The maximum Gasteiger partial charge on any atom is -0.0195 e. The van der Waals surface area contributed by atoms with Crippen molar-refractivity contribution in [2.24, 2.45) is 5.73 Å². The van der Waals surface area contributed by atoms with Crippen molar-refractivity contribution in [3.05, 3.63) is 46.9 Å². The first-order valence-corrected chi connectivity index (χ1v) is 8.55. The molecule has 0 saturated heterocycles. The van der Waals surface area contributed by atoms with Crippen molar-refractivity contribution in [2.45, 2.75) is 18.3 Å². The molecule has 0 atom stereocenters. The molecule has 0 spiro atoms. The van der Waals surface area contributed by atoms with Crippen LogP contribution < -0.4 is 37.4 Å². The van der Waals surface area contributed by atoms with Crippen LogP contribution in [0.25, 0.3) is 12.7 Å². The molecule has 1 aromatic carbocycles. The zero-order valence-corrected chi connectivity index (χ0v) is 14.0. The second-order valence-corrected chi connectivity index (χ2v) is 5.36. The Morgan fingerprint density at radius 3 is 2.47 bits per heavy atom. The van der Waals surface area contributed by atoms with Gasteiger partial charge in [-0.1, -0.05) is 13.8 Å². The fourth-order valence-electron chi connectivity index (χ4n) is 1.24. The summed E-state index contributed by atoms with van der Waals surface area (Å²) in [6.45, 7) is 11.6. The van der Waals surface area contributed by atoms with E-state index in [-0.39, 0.29) is 0 Å². The summed E-state index contributed by atoms with van der Waals surface area (Å²) in [5.41, 5.74) is 5.55. The van der Waals surface area contributed by atoms with Gasteiger partial charge < -0.3 is 5.73 Å². The number of halogens is 1. The molecular formula is C15H23INO2-. The molecule has 1 aromatic rings. The van der Waals surface area contributed by atoms with Crippen molar-refractivity contribution >= 4 is 16.6 Å². The third-order valence-electron chi connectivity index (χ3n) is 1.90. The van der Waals surface area contributed by atoms with E-state index in [1.165, 1.54) is 7.05 Å². The van der Waals surface area contributed by atoms with Gasteiger partial charge in [0, 0.05) is 0 Å². The van der Waals surface area contributed by atoms with E-state index in [2.05, 4.69) is 18.9 Å². The van der Waals surface area contributed by atoms with E-state index in [9.17, 15) is 4.79 Å². The summed E-state index contributed by atoms with van der Waals surface area (Å²) >= 11 is -0.820. The largest absolute Gasteiger partial charge is 0.333 e. The summed E-state index contributed by atoms with van der Waals surface area (Å²) in [6.07, 6.45) is 3.58. The number of hydrogen-bond donors (Lipinski definition) is 2. The number of benzene rings is 1. The molecule has 108 valence electrons. The topological polar surface area (TPSA) is 63.3 Å². The molecule has 0 aliphatic carbocycles. The van der Waals surface area contributed by atoms with Crippen LogP contribution in [-0.2, 0) is 4.43 Å². The predicted molar refractivity (Wildman–Crippen MR) is 79.1 cm³/mol. The van der Waals surface area contributed by atoms with Crippen molar-refractivity contribution in [2.75, 3.05) is 7.05 Å². The van der Waals surface area contributed by atoms with Crippen LogP contribution in [0.15, 0.2) is 30.9 Å². The van der Waals surface area contributed by atoms with Crippen molar-refractivity contribution in [1.82, 2.24) is 0 Å². The molecule has 0 unspecified atom stereocenters. The molecule has 3 N–H and O–H groups in total. The van der Waals surface area contributed by atoms with Crippen molar-refractivity contribution < 1.29 is 31.1 Å². The molecule has 4 heteroatoms. The van der Waals surface area contributed by atoms with Crippen LogP contribution in [0, 0.1) is 0 Å². The Kier molecular flexibility index (Phi) is 14.1. The van der Waals surface area contributed by atoms with Gasteiger partial charge in [0.25, 0.3) is 0 Å². The summed E-state index contributed by atoms with van der Waals surface area (Å²) < 4.78 is -0.0372. The summed E-state index contributed by atoms with van der Waals surface area (Å²) in [6, 6.07) is 5.77. The van der Waals surface area contributed by atoms with E-state index in [0.717, 1.165) is 16.0 Å². The summed E-state index contributed by atoms with van der Waals surface area (Å²) in [4.78, 5) is 10.5. The van der Waals surface area contributed by atoms with Gasteiger partial charge >= 0.3 is 99.0 Å². The maximum absolute atomic E-state index is 10.5. The van der Waals surface area contributed by atoms with Gasteiger partial charge in [-0.25, -0.2) is 0 Å². The minimum Gasteiger partial charge on any atom is -0.333 e. The van der Waals surface area contributed by atoms with Gasteiger partial charge in [-0.15, -0.1) is 0 Å². The van der Waals surface area contributed by atoms with E-state index < -0.39 is 25.2 Å². The molecule has 0 heterocycles. The van der Waals surface area contributed by atoms with Crippen molar-refractivity contribution in [1.29, 1.82) is 0 Å². The monoisotopic (exact) mass is 376 g/mol.